The van der Waals surface area contributed by atoms with E-state index in [4.69, 9.17) is 27.2 Å². The number of carbonyl (C=O) groups excluding carboxylic acids is 2. The van der Waals surface area contributed by atoms with Crippen molar-refractivity contribution in [2.75, 3.05) is 70.7 Å². The van der Waals surface area contributed by atoms with Crippen molar-refractivity contribution in [1.29, 1.82) is 0 Å². The zero-order valence-corrected chi connectivity index (χ0v) is 33.4. The summed E-state index contributed by atoms with van der Waals surface area (Å²) in [5, 5.41) is 24.8. The second-order valence-corrected chi connectivity index (χ2v) is 18.5. The van der Waals surface area contributed by atoms with Gasteiger partial charge in [-0.15, -0.1) is 0 Å². The summed E-state index contributed by atoms with van der Waals surface area (Å²) in [5.74, 6) is 0. The van der Waals surface area contributed by atoms with Crippen molar-refractivity contribution in [3.05, 3.63) is 58.6 Å². The molecule has 0 radical (unpaired) electrons. The van der Waals surface area contributed by atoms with Crippen molar-refractivity contribution >= 4 is 52.1 Å². The number of nitrogens with one attached hydrogen (secondary N) is 2. The summed E-state index contributed by atoms with van der Waals surface area (Å²) >= 11 is 0. The number of nitro groups is 1. The number of nitrogens with zero attached hydrogens (tertiary/aromatic N) is 4. The van der Waals surface area contributed by atoms with Gasteiger partial charge in [0.25, 0.3) is 5.69 Å². The number of non-ortho nitro benzene ring substituents is 1. The van der Waals surface area contributed by atoms with E-state index in [1.165, 1.54) is 24.3 Å². The molecule has 16 nitrogen and oxygen atoms in total. The topological polar surface area (TPSA) is 185 Å². The molecule has 0 atom stereocenters. The molecule has 0 aliphatic rings. The minimum absolute atomic E-state index is 0.0283. The molecule has 0 heterocycles. The van der Waals surface area contributed by atoms with E-state index < -0.39 is 34.2 Å². The van der Waals surface area contributed by atoms with Gasteiger partial charge in [0.2, 0.25) is 0 Å². The van der Waals surface area contributed by atoms with Crippen LogP contribution in [0.25, 0.3) is 0 Å². The SMILES string of the molecule is CCO[Si](C)(CCCNC(=O)OCCN(CCOC(=O)NCCC[Si](C)(OCC)OCC)c1ccc(N=Nc2ccc([N+](=O)[O-])cc2)cc1)OCC. The molecule has 52 heavy (non-hydrogen) atoms. The van der Waals surface area contributed by atoms with Crippen molar-refractivity contribution < 1.29 is 41.7 Å². The van der Waals surface area contributed by atoms with Gasteiger partial charge in [-0.1, -0.05) is 0 Å². The molecule has 2 rings (SSSR count). The summed E-state index contributed by atoms with van der Waals surface area (Å²) in [4.78, 5) is 37.2. The third-order valence-electron chi connectivity index (χ3n) is 7.70. The fourth-order valence-corrected chi connectivity index (χ4v) is 10.1. The normalized spacial score (nSPS) is 11.7. The number of ether oxygens (including phenoxy) is 2. The Labute approximate surface area is 309 Å². The highest BCUT2D eigenvalue weighted by Crippen LogP contribution is 2.24. The highest BCUT2D eigenvalue weighted by atomic mass is 28.4. The predicted molar refractivity (Wildman–Crippen MR) is 203 cm³/mol. The fourth-order valence-electron chi connectivity index (χ4n) is 5.25. The highest BCUT2D eigenvalue weighted by molar-refractivity contribution is 6.66. The van der Waals surface area contributed by atoms with Crippen molar-refractivity contribution in [2.45, 2.75) is 65.7 Å². The van der Waals surface area contributed by atoms with E-state index in [1.807, 2.05) is 57.8 Å². The standard InChI is InChI=1S/C34H56N6O10Si2/c1-7-47-51(5,48-8-2)27-11-21-35-33(41)45-25-23-39(24-26-46-34(42)36-22-12-28-52(6,49-9-3)50-10-4)31-17-13-29(14-18-31)37-38-30-15-19-32(20-16-30)40(43)44/h13-20H,7-12,21-28H2,1-6H3,(H,35,41)(H,36,42). The van der Waals surface area contributed by atoms with Gasteiger partial charge in [-0.3, -0.25) is 10.1 Å². The van der Waals surface area contributed by atoms with E-state index in [-0.39, 0.29) is 18.9 Å². The van der Waals surface area contributed by atoms with Crippen molar-refractivity contribution in [1.82, 2.24) is 10.6 Å². The van der Waals surface area contributed by atoms with E-state index in [0.29, 0.717) is 76.8 Å². The zero-order chi connectivity index (χ0) is 38.2. The van der Waals surface area contributed by atoms with Gasteiger partial charge in [-0.25, -0.2) is 9.59 Å². The van der Waals surface area contributed by atoms with Gasteiger partial charge in [0.15, 0.2) is 0 Å². The molecule has 0 aliphatic heterocycles. The lowest BCUT2D eigenvalue weighted by molar-refractivity contribution is -0.384. The Morgan fingerprint density at radius 3 is 1.44 bits per heavy atom. The van der Waals surface area contributed by atoms with Crippen LogP contribution in [0.2, 0.25) is 25.2 Å². The van der Waals surface area contributed by atoms with E-state index >= 15 is 0 Å². The van der Waals surface area contributed by atoms with Crippen LogP contribution in [0.1, 0.15) is 40.5 Å². The molecule has 2 aromatic rings. The molecule has 0 saturated heterocycles. The van der Waals surface area contributed by atoms with E-state index in [0.717, 1.165) is 17.8 Å². The number of benzene rings is 2. The third-order valence-corrected chi connectivity index (χ3v) is 13.8. The Bertz CT molecular complexity index is 1310. The number of hydrogen-bond acceptors (Lipinski definition) is 13. The van der Waals surface area contributed by atoms with Crippen LogP contribution in [-0.2, 0) is 27.2 Å². The molecule has 0 aromatic heterocycles. The maximum absolute atomic E-state index is 12.4. The van der Waals surface area contributed by atoms with Crippen molar-refractivity contribution in [3.8, 4) is 0 Å². The lowest BCUT2D eigenvalue weighted by atomic mass is 10.2. The van der Waals surface area contributed by atoms with Crippen LogP contribution in [0.5, 0.6) is 0 Å². The minimum atomic E-state index is -2.26. The first-order valence-corrected chi connectivity index (χ1v) is 22.9. The van der Waals surface area contributed by atoms with Crippen molar-refractivity contribution in [3.63, 3.8) is 0 Å². The number of amides is 2. The van der Waals surface area contributed by atoms with Crippen molar-refractivity contribution in [2.24, 2.45) is 10.2 Å². The van der Waals surface area contributed by atoms with E-state index in [1.54, 1.807) is 12.1 Å². The molecule has 0 aliphatic carbocycles. The van der Waals surface area contributed by atoms with Gasteiger partial charge >= 0.3 is 29.3 Å². The van der Waals surface area contributed by atoms with Crippen LogP contribution in [0.15, 0.2) is 58.8 Å². The van der Waals surface area contributed by atoms with Gasteiger partial charge in [-0.2, -0.15) is 10.2 Å². The minimum Gasteiger partial charge on any atom is -0.448 e. The van der Waals surface area contributed by atoms with Gasteiger partial charge in [0, 0.05) is 57.3 Å². The summed E-state index contributed by atoms with van der Waals surface area (Å²) in [6, 6.07) is 14.5. The molecule has 0 saturated carbocycles. The van der Waals surface area contributed by atoms with Gasteiger partial charge in [0.1, 0.15) is 13.2 Å². The lowest BCUT2D eigenvalue weighted by Gasteiger charge is -2.26. The molecule has 2 aromatic carbocycles. The smallest absolute Gasteiger partial charge is 0.407 e. The maximum Gasteiger partial charge on any atom is 0.407 e. The number of carbonyl (C=O) groups is 2. The second kappa shape index (κ2) is 24.3. The highest BCUT2D eigenvalue weighted by Gasteiger charge is 2.30. The second-order valence-electron chi connectivity index (χ2n) is 11.8. The molecule has 2 N–H and O–H groups in total. The van der Waals surface area contributed by atoms with Gasteiger partial charge in [-0.05, 0) is 102 Å². The van der Waals surface area contributed by atoms with Crippen LogP contribution >= 0.6 is 0 Å². The summed E-state index contributed by atoms with van der Waals surface area (Å²) in [5.41, 5.74) is 1.80. The monoisotopic (exact) mass is 764 g/mol. The largest absolute Gasteiger partial charge is 0.448 e. The number of hydrogen-bond donors (Lipinski definition) is 2. The fraction of sp³-hybridized carbons (Fsp3) is 0.588. The average molecular weight is 765 g/mol. The van der Waals surface area contributed by atoms with Crippen LogP contribution in [0.4, 0.5) is 32.3 Å². The Kier molecular flexibility index (Phi) is 20.7. The molecule has 18 heteroatoms. The third kappa shape index (κ3) is 17.5. The molecule has 0 bridgehead atoms. The number of nitro benzene ring substituents is 1. The predicted octanol–water partition coefficient (Wildman–Crippen LogP) is 7.34. The number of anilines is 1. The zero-order valence-electron chi connectivity index (χ0n) is 31.4. The quantitative estimate of drug-likeness (QED) is 0.0321. The summed E-state index contributed by atoms with van der Waals surface area (Å²) in [6.07, 6.45) is 0.359. The molecule has 0 spiro atoms. The van der Waals surface area contributed by atoms with E-state index in [9.17, 15) is 19.7 Å². The molecule has 0 fully saturated rings. The van der Waals surface area contributed by atoms with E-state index in [2.05, 4.69) is 20.9 Å². The number of alkyl carbamates (subject to hydrolysis) is 2. The van der Waals surface area contributed by atoms with Crippen LogP contribution in [0.3, 0.4) is 0 Å². The molecule has 0 unspecified atom stereocenters. The van der Waals surface area contributed by atoms with Crippen LogP contribution < -0.4 is 15.5 Å². The van der Waals surface area contributed by atoms with Crippen LogP contribution in [-0.4, -0.2) is 100 Å². The first kappa shape index (κ1) is 44.2. The summed E-state index contributed by atoms with van der Waals surface area (Å²) in [7, 11) is -4.52. The molecular formula is C34H56N6O10Si2. The molecule has 2 amide bonds. The Balaban J connectivity index is 1.94. The summed E-state index contributed by atoms with van der Waals surface area (Å²) < 4.78 is 34.3. The molecule has 290 valence electrons. The Morgan fingerprint density at radius 2 is 1.08 bits per heavy atom. The molecular weight excluding hydrogens is 709 g/mol. The number of azo groups is 1. The Morgan fingerprint density at radius 1 is 0.692 bits per heavy atom. The first-order chi connectivity index (χ1) is 25.0. The Hall–Kier alpha value is -3.95. The average Bonchev–Trinajstić information content (AvgIpc) is 3.11. The van der Waals surface area contributed by atoms with Gasteiger partial charge in [0.05, 0.1) is 29.4 Å². The van der Waals surface area contributed by atoms with Gasteiger partial charge < -0.3 is 42.7 Å². The number of rotatable bonds is 26. The first-order valence-electron chi connectivity index (χ1n) is 17.8. The van der Waals surface area contributed by atoms with Crippen LogP contribution in [0, 0.1) is 10.1 Å². The maximum atomic E-state index is 12.4. The summed E-state index contributed by atoms with van der Waals surface area (Å²) in [6.45, 7) is 15.9. The lowest BCUT2D eigenvalue weighted by Crippen LogP contribution is -2.40.